The maximum atomic E-state index is 9.44. The van der Waals surface area contributed by atoms with E-state index in [9.17, 15) is 5.11 Å². The van der Waals surface area contributed by atoms with Gasteiger partial charge < -0.3 is 5.11 Å². The predicted molar refractivity (Wildman–Crippen MR) is 69.4 cm³/mol. The number of aromatic nitrogens is 3. The van der Waals surface area contributed by atoms with Crippen molar-refractivity contribution in [2.75, 3.05) is 0 Å². The largest absolute Gasteiger partial charge is 0.508 e. The van der Waals surface area contributed by atoms with Crippen molar-refractivity contribution in [1.82, 2.24) is 15.0 Å². The van der Waals surface area contributed by atoms with E-state index in [0.29, 0.717) is 21.9 Å². The predicted octanol–water partition coefficient (Wildman–Crippen LogP) is 3.05. The van der Waals surface area contributed by atoms with Crippen molar-refractivity contribution in [1.29, 1.82) is 0 Å². The summed E-state index contributed by atoms with van der Waals surface area (Å²) in [5, 5.41) is 9.97. The molecule has 18 heavy (non-hydrogen) atoms. The van der Waals surface area contributed by atoms with Crippen LogP contribution in [0.1, 0.15) is 0 Å². The molecular formula is C13H8ClN3O. The molecule has 0 radical (unpaired) electrons. The number of phenols is 1. The van der Waals surface area contributed by atoms with Crippen LogP contribution in [-0.4, -0.2) is 20.1 Å². The third-order valence-electron chi connectivity index (χ3n) is 2.50. The highest BCUT2D eigenvalue weighted by atomic mass is 35.5. The topological polar surface area (TPSA) is 58.9 Å². The first kappa shape index (κ1) is 10.9. The average molecular weight is 258 g/mol. The number of hydrogen-bond donors (Lipinski definition) is 1. The van der Waals surface area contributed by atoms with Crippen molar-refractivity contribution in [3.63, 3.8) is 0 Å². The molecule has 1 N–H and O–H groups in total. The Morgan fingerprint density at radius 3 is 2.72 bits per heavy atom. The first-order valence-electron chi connectivity index (χ1n) is 5.30. The highest BCUT2D eigenvalue weighted by Crippen LogP contribution is 2.22. The molecule has 0 aliphatic rings. The number of halogens is 1. The van der Waals surface area contributed by atoms with E-state index >= 15 is 0 Å². The van der Waals surface area contributed by atoms with E-state index in [1.54, 1.807) is 36.7 Å². The Hall–Kier alpha value is -2.20. The number of phenolic OH excluding ortho intramolecular Hbond substituents is 1. The quantitative estimate of drug-likeness (QED) is 0.728. The van der Waals surface area contributed by atoms with Crippen molar-refractivity contribution >= 4 is 22.6 Å². The highest BCUT2D eigenvalue weighted by Gasteiger charge is 2.05. The summed E-state index contributed by atoms with van der Waals surface area (Å²) < 4.78 is 0. The maximum absolute atomic E-state index is 9.44. The fourth-order valence-electron chi connectivity index (χ4n) is 1.68. The molecule has 4 nitrogen and oxygen atoms in total. The van der Waals surface area contributed by atoms with Gasteiger partial charge in [-0.3, -0.25) is 4.98 Å². The van der Waals surface area contributed by atoms with E-state index in [1.165, 1.54) is 0 Å². The fourth-order valence-corrected chi connectivity index (χ4v) is 1.83. The lowest BCUT2D eigenvalue weighted by Crippen LogP contribution is -1.91. The zero-order valence-electron chi connectivity index (χ0n) is 9.21. The standard InChI is InChI=1S/C13H8ClN3O/c14-9-5-11-12(15-6-9)7-16-13(17-11)8-2-1-3-10(18)4-8/h1-7,18H. The van der Waals surface area contributed by atoms with Crippen LogP contribution < -0.4 is 0 Å². The molecule has 0 saturated heterocycles. The first-order valence-corrected chi connectivity index (χ1v) is 5.68. The summed E-state index contributed by atoms with van der Waals surface area (Å²) in [4.78, 5) is 12.7. The van der Waals surface area contributed by atoms with Crippen molar-refractivity contribution in [2.45, 2.75) is 0 Å². The van der Waals surface area contributed by atoms with Gasteiger partial charge in [0.15, 0.2) is 5.82 Å². The second kappa shape index (κ2) is 4.23. The van der Waals surface area contributed by atoms with Crippen LogP contribution >= 0.6 is 11.6 Å². The minimum Gasteiger partial charge on any atom is -0.508 e. The van der Waals surface area contributed by atoms with Gasteiger partial charge >= 0.3 is 0 Å². The minimum absolute atomic E-state index is 0.181. The van der Waals surface area contributed by atoms with Gasteiger partial charge in [0.1, 0.15) is 11.3 Å². The molecule has 1 aromatic carbocycles. The number of hydrogen-bond acceptors (Lipinski definition) is 4. The van der Waals surface area contributed by atoms with Crippen molar-refractivity contribution in [3.8, 4) is 17.1 Å². The number of nitrogens with zero attached hydrogens (tertiary/aromatic N) is 3. The molecule has 0 unspecified atom stereocenters. The minimum atomic E-state index is 0.181. The van der Waals surface area contributed by atoms with E-state index < -0.39 is 0 Å². The van der Waals surface area contributed by atoms with Crippen molar-refractivity contribution in [2.24, 2.45) is 0 Å². The number of aromatic hydroxyl groups is 1. The summed E-state index contributed by atoms with van der Waals surface area (Å²) in [6.07, 6.45) is 3.19. The molecule has 0 amide bonds. The van der Waals surface area contributed by atoms with Crippen LogP contribution in [0.2, 0.25) is 5.02 Å². The normalized spacial score (nSPS) is 10.7. The van der Waals surface area contributed by atoms with Gasteiger partial charge in [0.05, 0.1) is 16.7 Å². The molecule has 3 rings (SSSR count). The van der Waals surface area contributed by atoms with Gasteiger partial charge in [-0.2, -0.15) is 0 Å². The number of fused-ring (bicyclic) bond motifs is 1. The van der Waals surface area contributed by atoms with E-state index in [1.807, 2.05) is 6.07 Å². The third kappa shape index (κ3) is 1.98. The van der Waals surface area contributed by atoms with Crippen LogP contribution in [0.15, 0.2) is 42.7 Å². The first-order chi connectivity index (χ1) is 8.72. The summed E-state index contributed by atoms with van der Waals surface area (Å²) in [7, 11) is 0. The van der Waals surface area contributed by atoms with E-state index in [4.69, 9.17) is 11.6 Å². The molecule has 88 valence electrons. The Labute approximate surface area is 108 Å². The zero-order valence-corrected chi connectivity index (χ0v) is 9.96. The molecule has 0 bridgehead atoms. The van der Waals surface area contributed by atoms with Crippen LogP contribution in [0, 0.1) is 0 Å². The number of pyridine rings is 1. The molecular weight excluding hydrogens is 250 g/mol. The summed E-state index contributed by atoms with van der Waals surface area (Å²) in [5.41, 5.74) is 2.11. The Kier molecular flexibility index (Phi) is 2.57. The van der Waals surface area contributed by atoms with Gasteiger partial charge in [0.2, 0.25) is 0 Å². The second-order valence-electron chi connectivity index (χ2n) is 3.80. The van der Waals surface area contributed by atoms with Gasteiger partial charge in [0, 0.05) is 11.8 Å². The highest BCUT2D eigenvalue weighted by molar-refractivity contribution is 6.31. The smallest absolute Gasteiger partial charge is 0.160 e. The Morgan fingerprint density at radius 1 is 1.00 bits per heavy atom. The molecule has 0 aliphatic carbocycles. The summed E-state index contributed by atoms with van der Waals surface area (Å²) in [5.74, 6) is 0.711. The second-order valence-corrected chi connectivity index (χ2v) is 4.24. The molecule has 5 heteroatoms. The average Bonchev–Trinajstić information content (AvgIpc) is 2.38. The molecule has 0 spiro atoms. The van der Waals surface area contributed by atoms with E-state index in [-0.39, 0.29) is 5.75 Å². The van der Waals surface area contributed by atoms with Crippen molar-refractivity contribution < 1.29 is 5.11 Å². The van der Waals surface area contributed by atoms with Gasteiger partial charge in [-0.15, -0.1) is 0 Å². The molecule has 3 aromatic rings. The van der Waals surface area contributed by atoms with Gasteiger partial charge in [-0.25, -0.2) is 9.97 Å². The van der Waals surface area contributed by atoms with Crippen molar-refractivity contribution in [3.05, 3.63) is 47.7 Å². The molecule has 0 fully saturated rings. The van der Waals surface area contributed by atoms with Crippen LogP contribution in [0.5, 0.6) is 5.75 Å². The maximum Gasteiger partial charge on any atom is 0.160 e. The summed E-state index contributed by atoms with van der Waals surface area (Å²) >= 11 is 5.88. The fraction of sp³-hybridized carbons (Fsp3) is 0. The Bertz CT molecular complexity index is 730. The van der Waals surface area contributed by atoms with Gasteiger partial charge in [0.25, 0.3) is 0 Å². The molecule has 2 heterocycles. The zero-order chi connectivity index (χ0) is 12.5. The summed E-state index contributed by atoms with van der Waals surface area (Å²) in [6.45, 7) is 0. The molecule has 0 atom stereocenters. The lowest BCUT2D eigenvalue weighted by atomic mass is 10.2. The lowest BCUT2D eigenvalue weighted by molar-refractivity contribution is 0.475. The molecule has 0 saturated carbocycles. The van der Waals surface area contributed by atoms with Crippen LogP contribution in [0.3, 0.4) is 0 Å². The summed E-state index contributed by atoms with van der Waals surface area (Å²) in [6, 6.07) is 8.52. The Morgan fingerprint density at radius 2 is 1.89 bits per heavy atom. The van der Waals surface area contributed by atoms with E-state index in [2.05, 4.69) is 15.0 Å². The number of benzene rings is 1. The van der Waals surface area contributed by atoms with Gasteiger partial charge in [-0.1, -0.05) is 23.7 Å². The Balaban J connectivity index is 2.18. The van der Waals surface area contributed by atoms with Crippen LogP contribution in [0.4, 0.5) is 0 Å². The van der Waals surface area contributed by atoms with E-state index in [0.717, 1.165) is 5.56 Å². The van der Waals surface area contributed by atoms with Crippen LogP contribution in [0.25, 0.3) is 22.4 Å². The molecule has 2 aromatic heterocycles. The van der Waals surface area contributed by atoms with Gasteiger partial charge in [-0.05, 0) is 18.2 Å². The monoisotopic (exact) mass is 257 g/mol. The third-order valence-corrected chi connectivity index (χ3v) is 2.71. The molecule has 0 aliphatic heterocycles. The van der Waals surface area contributed by atoms with Crippen LogP contribution in [-0.2, 0) is 0 Å². The number of rotatable bonds is 1. The SMILES string of the molecule is Oc1cccc(-c2ncc3ncc(Cl)cc3n2)c1. The lowest BCUT2D eigenvalue weighted by Gasteiger charge is -2.02.